The van der Waals surface area contributed by atoms with E-state index in [1.165, 1.54) is 18.4 Å². The van der Waals surface area contributed by atoms with Crippen molar-refractivity contribution in [3.8, 4) is 11.3 Å². The van der Waals surface area contributed by atoms with Crippen LogP contribution in [0.2, 0.25) is 0 Å². The Labute approximate surface area is 136 Å². The van der Waals surface area contributed by atoms with Gasteiger partial charge in [0.05, 0.1) is 6.61 Å². The Bertz CT molecular complexity index is 659. The van der Waals surface area contributed by atoms with E-state index in [-0.39, 0.29) is 5.91 Å². The maximum Gasteiger partial charge on any atom is 0.255 e. The van der Waals surface area contributed by atoms with Gasteiger partial charge in [-0.15, -0.1) is 0 Å². The van der Waals surface area contributed by atoms with Crippen molar-refractivity contribution in [1.82, 2.24) is 5.16 Å². The first-order valence-corrected chi connectivity index (χ1v) is 8.14. The highest BCUT2D eigenvalue weighted by Crippen LogP contribution is 2.29. The Hall–Kier alpha value is -2.14. The van der Waals surface area contributed by atoms with E-state index in [1.807, 2.05) is 12.1 Å². The minimum Gasteiger partial charge on any atom is -0.368 e. The Balaban J connectivity index is 1.58. The van der Waals surface area contributed by atoms with Gasteiger partial charge in [0.15, 0.2) is 0 Å². The van der Waals surface area contributed by atoms with Gasteiger partial charge in [0.25, 0.3) is 5.91 Å². The lowest BCUT2D eigenvalue weighted by molar-refractivity contribution is -0.126. The van der Waals surface area contributed by atoms with Crippen molar-refractivity contribution < 1.29 is 14.1 Å². The van der Waals surface area contributed by atoms with Crippen molar-refractivity contribution in [1.29, 1.82) is 0 Å². The number of benzene rings is 1. The number of hydrogen-bond donors (Lipinski definition) is 1. The van der Waals surface area contributed by atoms with Crippen LogP contribution in [0.25, 0.3) is 11.3 Å². The molecule has 0 bridgehead atoms. The first-order chi connectivity index (χ1) is 11.2. The van der Waals surface area contributed by atoms with E-state index in [0.717, 1.165) is 12.0 Å². The summed E-state index contributed by atoms with van der Waals surface area (Å²) in [6.45, 7) is 4.52. The molecular formula is C18H22N2O3. The second kappa shape index (κ2) is 6.96. The second-order valence-corrected chi connectivity index (χ2v) is 6.04. The van der Waals surface area contributed by atoms with Gasteiger partial charge in [-0.2, -0.15) is 0 Å². The van der Waals surface area contributed by atoms with Crippen molar-refractivity contribution in [3.05, 3.63) is 35.9 Å². The highest BCUT2D eigenvalue weighted by Gasteiger charge is 2.24. The number of nitrogens with zero attached hydrogens (tertiary/aromatic N) is 1. The first-order valence-electron chi connectivity index (χ1n) is 8.14. The maximum atomic E-state index is 12.1. The summed E-state index contributed by atoms with van der Waals surface area (Å²) in [5, 5.41) is 6.71. The number of carbonyl (C=O) groups is 1. The third-order valence-electron chi connectivity index (χ3n) is 4.06. The fourth-order valence-corrected chi connectivity index (χ4v) is 2.25. The minimum absolute atomic E-state index is 0.213. The van der Waals surface area contributed by atoms with E-state index in [4.69, 9.17) is 9.26 Å². The predicted octanol–water partition coefficient (Wildman–Crippen LogP) is 3.66. The third-order valence-corrected chi connectivity index (χ3v) is 4.06. The molecule has 0 radical (unpaired) electrons. The van der Waals surface area contributed by atoms with Gasteiger partial charge in [-0.1, -0.05) is 36.3 Å². The smallest absolute Gasteiger partial charge is 0.255 e. The van der Waals surface area contributed by atoms with Gasteiger partial charge < -0.3 is 9.26 Å². The van der Waals surface area contributed by atoms with Crippen LogP contribution in [-0.2, 0) is 16.0 Å². The summed E-state index contributed by atoms with van der Waals surface area (Å²) in [6, 6.07) is 9.87. The Morgan fingerprint density at radius 1 is 1.39 bits per heavy atom. The molecular weight excluding hydrogens is 292 g/mol. The molecule has 5 nitrogen and oxygen atoms in total. The quantitative estimate of drug-likeness (QED) is 0.847. The van der Waals surface area contributed by atoms with Gasteiger partial charge in [-0.25, -0.2) is 0 Å². The average Bonchev–Trinajstić information content (AvgIpc) is 3.30. The van der Waals surface area contributed by atoms with Crippen LogP contribution in [0.1, 0.15) is 32.3 Å². The molecule has 1 aliphatic carbocycles. The van der Waals surface area contributed by atoms with E-state index >= 15 is 0 Å². The minimum atomic E-state index is -0.493. The van der Waals surface area contributed by atoms with Crippen LogP contribution in [-0.4, -0.2) is 23.8 Å². The Kier molecular flexibility index (Phi) is 4.76. The van der Waals surface area contributed by atoms with Gasteiger partial charge in [-0.3, -0.25) is 10.1 Å². The molecule has 1 amide bonds. The lowest BCUT2D eigenvalue weighted by Crippen LogP contribution is -2.28. The zero-order valence-corrected chi connectivity index (χ0v) is 13.5. The summed E-state index contributed by atoms with van der Waals surface area (Å²) in [7, 11) is 0. The normalized spacial score (nSPS) is 15.4. The molecule has 1 saturated carbocycles. The average molecular weight is 314 g/mol. The molecule has 1 unspecified atom stereocenters. The SMILES string of the molecule is CCc1ccc(-c2cc(NC(=O)C(C)OCC3CC3)on2)cc1. The summed E-state index contributed by atoms with van der Waals surface area (Å²) in [5.74, 6) is 0.759. The second-order valence-electron chi connectivity index (χ2n) is 6.04. The molecule has 23 heavy (non-hydrogen) atoms. The number of amides is 1. The molecule has 1 N–H and O–H groups in total. The monoisotopic (exact) mass is 314 g/mol. The zero-order valence-electron chi connectivity index (χ0n) is 13.5. The molecule has 5 heteroatoms. The lowest BCUT2D eigenvalue weighted by Gasteiger charge is -2.11. The molecule has 1 aromatic carbocycles. The summed E-state index contributed by atoms with van der Waals surface area (Å²) >= 11 is 0. The fourth-order valence-electron chi connectivity index (χ4n) is 2.25. The molecule has 0 aliphatic heterocycles. The van der Waals surface area contributed by atoms with Gasteiger partial charge in [0.1, 0.15) is 11.8 Å². The van der Waals surface area contributed by atoms with E-state index in [2.05, 4.69) is 29.5 Å². The summed E-state index contributed by atoms with van der Waals surface area (Å²) in [4.78, 5) is 12.1. The molecule has 1 fully saturated rings. The molecule has 2 aromatic rings. The van der Waals surface area contributed by atoms with Crippen molar-refractivity contribution >= 4 is 11.8 Å². The predicted molar refractivity (Wildman–Crippen MR) is 88.1 cm³/mol. The highest BCUT2D eigenvalue weighted by molar-refractivity contribution is 5.93. The van der Waals surface area contributed by atoms with Crippen LogP contribution in [0, 0.1) is 5.92 Å². The number of ether oxygens (including phenoxy) is 1. The van der Waals surface area contributed by atoms with Gasteiger partial charge in [-0.05, 0) is 37.7 Å². The third kappa shape index (κ3) is 4.20. The van der Waals surface area contributed by atoms with E-state index in [1.54, 1.807) is 13.0 Å². The number of nitrogens with one attached hydrogen (secondary N) is 1. The fraction of sp³-hybridized carbons (Fsp3) is 0.444. The topological polar surface area (TPSA) is 64.4 Å². The van der Waals surface area contributed by atoms with Gasteiger partial charge >= 0.3 is 0 Å². The molecule has 122 valence electrons. The van der Waals surface area contributed by atoms with Gasteiger partial charge in [0.2, 0.25) is 5.88 Å². The summed E-state index contributed by atoms with van der Waals surface area (Å²) < 4.78 is 10.7. The van der Waals surface area contributed by atoms with Crippen LogP contribution in [0.5, 0.6) is 0 Å². The van der Waals surface area contributed by atoms with E-state index in [0.29, 0.717) is 24.1 Å². The molecule has 0 spiro atoms. The standard InChI is InChI=1S/C18H22N2O3/c1-3-13-6-8-15(9-7-13)16-10-17(23-20-16)19-18(21)12(2)22-11-14-4-5-14/h6-10,12,14H,3-5,11H2,1-2H3,(H,19,21). The highest BCUT2D eigenvalue weighted by atomic mass is 16.5. The van der Waals surface area contributed by atoms with Crippen LogP contribution < -0.4 is 5.32 Å². The van der Waals surface area contributed by atoms with Crippen LogP contribution in [0.4, 0.5) is 5.88 Å². The largest absolute Gasteiger partial charge is 0.368 e. The van der Waals surface area contributed by atoms with Gasteiger partial charge in [0, 0.05) is 11.6 Å². The van der Waals surface area contributed by atoms with Crippen LogP contribution >= 0.6 is 0 Å². The number of rotatable bonds is 7. The van der Waals surface area contributed by atoms with Crippen molar-refractivity contribution in [2.45, 2.75) is 39.2 Å². The molecule has 1 aromatic heterocycles. The number of aryl methyl sites for hydroxylation is 1. The number of aromatic nitrogens is 1. The molecule has 0 saturated heterocycles. The summed E-state index contributed by atoms with van der Waals surface area (Å²) in [6.07, 6.45) is 2.92. The van der Waals surface area contributed by atoms with Crippen LogP contribution in [0.3, 0.4) is 0 Å². The van der Waals surface area contributed by atoms with Crippen molar-refractivity contribution in [2.24, 2.45) is 5.92 Å². The summed E-state index contributed by atoms with van der Waals surface area (Å²) in [5.41, 5.74) is 2.94. The van der Waals surface area contributed by atoms with E-state index in [9.17, 15) is 4.79 Å². The lowest BCUT2D eigenvalue weighted by atomic mass is 10.1. The van der Waals surface area contributed by atoms with Crippen molar-refractivity contribution in [2.75, 3.05) is 11.9 Å². The molecule has 3 rings (SSSR count). The molecule has 1 heterocycles. The number of hydrogen-bond acceptors (Lipinski definition) is 4. The Morgan fingerprint density at radius 3 is 2.78 bits per heavy atom. The maximum absolute atomic E-state index is 12.1. The Morgan fingerprint density at radius 2 is 2.13 bits per heavy atom. The number of anilines is 1. The van der Waals surface area contributed by atoms with Crippen molar-refractivity contribution in [3.63, 3.8) is 0 Å². The molecule has 1 atom stereocenters. The van der Waals surface area contributed by atoms with E-state index < -0.39 is 6.10 Å². The molecule has 1 aliphatic rings. The van der Waals surface area contributed by atoms with Crippen LogP contribution in [0.15, 0.2) is 34.9 Å². The number of carbonyl (C=O) groups excluding carboxylic acids is 1. The zero-order chi connectivity index (χ0) is 16.2. The first kappa shape index (κ1) is 15.7.